The van der Waals surface area contributed by atoms with Gasteiger partial charge in [-0.25, -0.2) is 14.8 Å². The van der Waals surface area contributed by atoms with Crippen LogP contribution in [0.1, 0.15) is 103 Å². The number of hydrogen-bond acceptors (Lipinski definition) is 6. The van der Waals surface area contributed by atoms with Gasteiger partial charge in [-0.05, 0) is 51.0 Å². The van der Waals surface area contributed by atoms with Gasteiger partial charge in [0.1, 0.15) is 0 Å². The van der Waals surface area contributed by atoms with E-state index in [0.29, 0.717) is 18.0 Å². The Kier molecular flexibility index (Phi) is 14.9. The van der Waals surface area contributed by atoms with E-state index in [1.165, 1.54) is 62.6 Å². The summed E-state index contributed by atoms with van der Waals surface area (Å²) in [6.45, 7) is 5.99. The monoisotopic (exact) mass is 508 g/mol. The Bertz CT molecular complexity index is 939. The van der Waals surface area contributed by atoms with Gasteiger partial charge >= 0.3 is 11.9 Å². The van der Waals surface area contributed by atoms with E-state index < -0.39 is 5.97 Å². The number of aryl methyl sites for hydroxylation is 1. The molecule has 1 aromatic carbocycles. The Labute approximate surface area is 222 Å². The van der Waals surface area contributed by atoms with Gasteiger partial charge in [0.15, 0.2) is 11.6 Å². The lowest BCUT2D eigenvalue weighted by molar-refractivity contribution is -0.148. The first-order chi connectivity index (χ1) is 18.0. The highest BCUT2D eigenvalue weighted by Crippen LogP contribution is 2.19. The number of aromatic nitrogens is 2. The molecule has 1 unspecified atom stereocenters. The number of carbonyl (C=O) groups excluding carboxylic acids is 2. The van der Waals surface area contributed by atoms with Gasteiger partial charge in [-0.15, -0.1) is 0 Å². The Hall–Kier alpha value is -3.02. The van der Waals surface area contributed by atoms with Crippen molar-refractivity contribution in [3.63, 3.8) is 0 Å². The molecular weight excluding hydrogens is 464 g/mol. The second-order valence-corrected chi connectivity index (χ2v) is 9.57. The predicted octanol–water partition coefficient (Wildman–Crippen LogP) is 7.80. The minimum atomic E-state index is -0.401. The molecule has 0 saturated heterocycles. The molecule has 202 valence electrons. The molecule has 37 heavy (non-hydrogen) atoms. The molecular formula is C31H44N2O4. The smallest absolute Gasteiger partial charge is 0.335 e. The number of unbranched alkanes of at least 4 members (excludes halogenated alkanes) is 8. The van der Waals surface area contributed by atoms with E-state index in [1.54, 1.807) is 0 Å². The second kappa shape index (κ2) is 18.3. The molecule has 2 rings (SSSR count). The minimum Gasteiger partial charge on any atom is -0.463 e. The normalized spacial score (nSPS) is 12.0. The zero-order chi connectivity index (χ0) is 26.7. The van der Waals surface area contributed by atoms with E-state index in [2.05, 4.69) is 29.0 Å². The summed E-state index contributed by atoms with van der Waals surface area (Å²) in [7, 11) is 0. The lowest BCUT2D eigenvalue weighted by Crippen LogP contribution is -2.13. The first kappa shape index (κ1) is 30.2. The maximum absolute atomic E-state index is 12.0. The number of hydrogen-bond donors (Lipinski definition) is 0. The number of allylic oxidation sites excluding steroid dienone is 1. The Morgan fingerprint density at radius 2 is 1.57 bits per heavy atom. The maximum atomic E-state index is 12.0. The van der Waals surface area contributed by atoms with E-state index in [4.69, 9.17) is 9.47 Å². The van der Waals surface area contributed by atoms with Gasteiger partial charge in [0.05, 0.1) is 18.5 Å². The maximum Gasteiger partial charge on any atom is 0.335 e. The molecule has 6 heteroatoms. The van der Waals surface area contributed by atoms with Gasteiger partial charge in [0.2, 0.25) is 0 Å². The van der Waals surface area contributed by atoms with Gasteiger partial charge in [-0.1, -0.05) is 82.7 Å². The molecule has 0 radical (unpaired) electrons. The van der Waals surface area contributed by atoms with Crippen LogP contribution in [0, 0.1) is 0 Å². The van der Waals surface area contributed by atoms with Crippen LogP contribution in [0.15, 0.2) is 48.8 Å². The Balaban J connectivity index is 1.68. The molecule has 0 aliphatic heterocycles. The van der Waals surface area contributed by atoms with Crippen molar-refractivity contribution in [1.29, 1.82) is 0 Å². The fourth-order valence-corrected chi connectivity index (χ4v) is 4.02. The third kappa shape index (κ3) is 13.2. The highest BCUT2D eigenvalue weighted by atomic mass is 16.5. The summed E-state index contributed by atoms with van der Waals surface area (Å²) in [6.07, 6.45) is 20.4. The number of rotatable bonds is 18. The first-order valence-corrected chi connectivity index (χ1v) is 14.0. The average molecular weight is 509 g/mol. The lowest BCUT2D eigenvalue weighted by atomic mass is 10.0. The summed E-state index contributed by atoms with van der Waals surface area (Å²) in [5, 5.41) is 0. The molecule has 2 aromatic rings. The second-order valence-electron chi connectivity index (χ2n) is 9.57. The minimum absolute atomic E-state index is 0.0276. The topological polar surface area (TPSA) is 78.4 Å². The van der Waals surface area contributed by atoms with Crippen LogP contribution >= 0.6 is 0 Å². The highest BCUT2D eigenvalue weighted by Gasteiger charge is 2.08. The van der Waals surface area contributed by atoms with Crippen molar-refractivity contribution in [2.75, 3.05) is 0 Å². The Morgan fingerprint density at radius 1 is 0.892 bits per heavy atom. The fraction of sp³-hybridized carbons (Fsp3) is 0.548. The molecule has 0 amide bonds. The van der Waals surface area contributed by atoms with Crippen LogP contribution in [-0.2, 0) is 20.7 Å². The van der Waals surface area contributed by atoms with Gasteiger partial charge in [0.25, 0.3) is 0 Å². The summed E-state index contributed by atoms with van der Waals surface area (Å²) < 4.78 is 10.6. The quantitative estimate of drug-likeness (QED) is 0.116. The van der Waals surface area contributed by atoms with Gasteiger partial charge in [-0.2, -0.15) is 0 Å². The number of nitrogens with zero attached hydrogens (tertiary/aromatic N) is 2. The lowest BCUT2D eigenvalue weighted by Gasteiger charge is -2.12. The van der Waals surface area contributed by atoms with Crippen LogP contribution in [0.25, 0.3) is 11.4 Å². The molecule has 0 bridgehead atoms. The number of carbonyl (C=O) groups is 2. The van der Waals surface area contributed by atoms with Crippen molar-refractivity contribution in [3.05, 3.63) is 54.4 Å². The van der Waals surface area contributed by atoms with Crippen molar-refractivity contribution in [3.8, 4) is 17.1 Å². The number of ether oxygens (including phenoxy) is 2. The third-order valence-corrected chi connectivity index (χ3v) is 6.23. The van der Waals surface area contributed by atoms with Crippen molar-refractivity contribution in [1.82, 2.24) is 9.97 Å². The first-order valence-electron chi connectivity index (χ1n) is 14.0. The highest BCUT2D eigenvalue weighted by molar-refractivity contribution is 5.83. The van der Waals surface area contributed by atoms with Crippen LogP contribution in [0.3, 0.4) is 0 Å². The number of benzene rings is 1. The standard InChI is InChI=1S/C31H44N2O4/c1-4-6-7-8-9-10-11-12-13-18-30(35)37-28-23-32-31(33-24-28)27-21-19-26(20-22-27)17-15-14-16-25(3)36-29(34)5-2/h13,18-25H,4-12,14-17H2,1-3H3/b18-13+. The van der Waals surface area contributed by atoms with E-state index in [-0.39, 0.29) is 12.1 Å². The SMILES string of the molecule is CCCCCCCCC/C=C/C(=O)Oc1cnc(-c2ccc(CCCCC(C)OC(=O)CC)cc2)nc1. The van der Waals surface area contributed by atoms with E-state index in [1.807, 2.05) is 32.1 Å². The Morgan fingerprint density at radius 3 is 2.24 bits per heavy atom. The molecule has 0 aliphatic rings. The predicted molar refractivity (Wildman–Crippen MR) is 148 cm³/mol. The third-order valence-electron chi connectivity index (χ3n) is 6.23. The molecule has 6 nitrogen and oxygen atoms in total. The van der Waals surface area contributed by atoms with Crippen molar-refractivity contribution < 1.29 is 19.1 Å². The van der Waals surface area contributed by atoms with E-state index in [9.17, 15) is 9.59 Å². The van der Waals surface area contributed by atoms with Crippen LogP contribution < -0.4 is 4.74 Å². The molecule has 0 N–H and O–H groups in total. The van der Waals surface area contributed by atoms with Crippen LogP contribution in [0.4, 0.5) is 0 Å². The van der Waals surface area contributed by atoms with E-state index >= 15 is 0 Å². The zero-order valence-corrected chi connectivity index (χ0v) is 22.9. The molecule has 0 saturated carbocycles. The molecule has 1 atom stereocenters. The van der Waals surface area contributed by atoms with Crippen LogP contribution in [0.5, 0.6) is 5.75 Å². The fourth-order valence-electron chi connectivity index (χ4n) is 4.02. The van der Waals surface area contributed by atoms with E-state index in [0.717, 1.165) is 44.1 Å². The van der Waals surface area contributed by atoms with Gasteiger partial charge in [-0.3, -0.25) is 4.79 Å². The number of esters is 2. The van der Waals surface area contributed by atoms with Crippen LogP contribution in [0.2, 0.25) is 0 Å². The summed E-state index contributed by atoms with van der Waals surface area (Å²) in [6, 6.07) is 8.19. The van der Waals surface area contributed by atoms with Crippen molar-refractivity contribution in [2.24, 2.45) is 0 Å². The average Bonchev–Trinajstić information content (AvgIpc) is 2.91. The summed E-state index contributed by atoms with van der Waals surface area (Å²) in [4.78, 5) is 32.1. The van der Waals surface area contributed by atoms with Gasteiger partial charge in [0, 0.05) is 18.1 Å². The largest absolute Gasteiger partial charge is 0.463 e. The molecule has 0 spiro atoms. The molecule has 1 heterocycles. The van der Waals surface area contributed by atoms with Crippen molar-refractivity contribution in [2.45, 2.75) is 110 Å². The molecule has 1 aromatic heterocycles. The molecule has 0 fully saturated rings. The summed E-state index contributed by atoms with van der Waals surface area (Å²) >= 11 is 0. The molecule has 0 aliphatic carbocycles. The zero-order valence-electron chi connectivity index (χ0n) is 22.9. The summed E-state index contributed by atoms with van der Waals surface area (Å²) in [5.74, 6) is 0.390. The van der Waals surface area contributed by atoms with Crippen LogP contribution in [-0.4, -0.2) is 28.0 Å². The summed E-state index contributed by atoms with van der Waals surface area (Å²) in [5.41, 5.74) is 2.16. The van der Waals surface area contributed by atoms with Gasteiger partial charge < -0.3 is 9.47 Å². The van der Waals surface area contributed by atoms with Crippen molar-refractivity contribution >= 4 is 11.9 Å².